The van der Waals surface area contributed by atoms with Crippen molar-refractivity contribution >= 4 is 40.9 Å². The number of thioether (sulfide) groups is 1. The van der Waals surface area contributed by atoms with Crippen LogP contribution in [0.5, 0.6) is 11.5 Å². The zero-order chi connectivity index (χ0) is 26.9. The summed E-state index contributed by atoms with van der Waals surface area (Å²) < 4.78 is 11.7. The predicted octanol–water partition coefficient (Wildman–Crippen LogP) is 4.38. The molecule has 0 aromatic heterocycles. The number of hydrogen-bond donors (Lipinski definition) is 1. The molecule has 3 aliphatic rings. The first-order valence-electron chi connectivity index (χ1n) is 13.1. The Morgan fingerprint density at radius 1 is 1.00 bits per heavy atom. The molecule has 3 aromatic rings. The Labute approximate surface area is 231 Å². The van der Waals surface area contributed by atoms with E-state index in [-0.39, 0.29) is 29.7 Å². The average Bonchev–Trinajstić information content (AvgIpc) is 3.25. The van der Waals surface area contributed by atoms with Crippen LogP contribution in [0.4, 0.5) is 11.4 Å². The maximum atomic E-state index is 13.6. The smallest absolute Gasteiger partial charge is 0.268 e. The fourth-order valence-corrected chi connectivity index (χ4v) is 5.84. The van der Waals surface area contributed by atoms with E-state index in [9.17, 15) is 14.4 Å². The third kappa shape index (κ3) is 4.83. The number of anilines is 2. The number of nitrogens with zero attached hydrogens (tertiary/aromatic N) is 2. The first kappa shape index (κ1) is 25.3. The van der Waals surface area contributed by atoms with E-state index in [0.29, 0.717) is 60.2 Å². The normalized spacial score (nSPS) is 20.1. The number of amides is 3. The van der Waals surface area contributed by atoms with Crippen molar-refractivity contribution in [1.29, 1.82) is 0 Å². The molecule has 8 nitrogen and oxygen atoms in total. The van der Waals surface area contributed by atoms with E-state index in [4.69, 9.17) is 9.47 Å². The van der Waals surface area contributed by atoms with Gasteiger partial charge in [-0.3, -0.25) is 14.4 Å². The van der Waals surface area contributed by atoms with Crippen LogP contribution >= 0.6 is 11.8 Å². The van der Waals surface area contributed by atoms with Gasteiger partial charge in [0.2, 0.25) is 5.91 Å². The zero-order valence-corrected chi connectivity index (χ0v) is 22.4. The number of carbonyl (C=O) groups excluding carboxylic acids is 3. The Balaban J connectivity index is 1.14. The van der Waals surface area contributed by atoms with Gasteiger partial charge in [0.25, 0.3) is 11.8 Å². The van der Waals surface area contributed by atoms with Crippen LogP contribution in [0, 0.1) is 5.92 Å². The number of ether oxygens (including phenoxy) is 2. The molecule has 1 N–H and O–H groups in total. The molecule has 2 atom stereocenters. The van der Waals surface area contributed by atoms with E-state index in [1.165, 1.54) is 4.90 Å². The number of hydrogen-bond acceptors (Lipinski definition) is 7. The number of benzene rings is 3. The number of nitrogens with one attached hydrogen (secondary N) is 1. The first-order chi connectivity index (χ1) is 19.0. The monoisotopic (exact) mass is 543 g/mol. The zero-order valence-electron chi connectivity index (χ0n) is 21.6. The summed E-state index contributed by atoms with van der Waals surface area (Å²) >= 11 is 1.60. The highest BCUT2D eigenvalue weighted by Gasteiger charge is 2.40. The highest BCUT2D eigenvalue weighted by molar-refractivity contribution is 7.98. The van der Waals surface area contributed by atoms with Crippen molar-refractivity contribution in [3.63, 3.8) is 0 Å². The molecule has 1 fully saturated rings. The van der Waals surface area contributed by atoms with Crippen molar-refractivity contribution in [2.45, 2.75) is 23.8 Å². The van der Waals surface area contributed by atoms with Crippen molar-refractivity contribution in [2.75, 3.05) is 42.3 Å². The van der Waals surface area contributed by atoms with Gasteiger partial charge >= 0.3 is 0 Å². The summed E-state index contributed by atoms with van der Waals surface area (Å²) in [5.41, 5.74) is 2.06. The molecule has 39 heavy (non-hydrogen) atoms. The van der Waals surface area contributed by atoms with E-state index < -0.39 is 0 Å². The summed E-state index contributed by atoms with van der Waals surface area (Å²) in [6.45, 7) is 1.90. The number of imide groups is 1. The van der Waals surface area contributed by atoms with E-state index in [1.807, 2.05) is 54.8 Å². The highest BCUT2D eigenvalue weighted by atomic mass is 32.2. The molecule has 9 heteroatoms. The number of piperidine rings is 1. The summed E-state index contributed by atoms with van der Waals surface area (Å²) in [6.07, 6.45) is 3.27. The number of para-hydroxylation sites is 2. The summed E-state index contributed by atoms with van der Waals surface area (Å²) in [4.78, 5) is 44.4. The van der Waals surface area contributed by atoms with Crippen molar-refractivity contribution in [3.05, 3.63) is 77.9 Å². The fourth-order valence-electron chi connectivity index (χ4n) is 5.43. The molecule has 200 valence electrons. The second kappa shape index (κ2) is 10.6. The molecule has 3 aliphatic heterocycles. The number of fused-ring (bicyclic) bond motifs is 2. The van der Waals surface area contributed by atoms with Gasteiger partial charge in [0, 0.05) is 18.0 Å². The number of rotatable bonds is 6. The molecular formula is C30H29N3O5S. The van der Waals surface area contributed by atoms with Crippen LogP contribution in [0.1, 0.15) is 33.6 Å². The lowest BCUT2D eigenvalue weighted by Crippen LogP contribution is -2.47. The fraction of sp³-hybridized carbons (Fsp3) is 0.300. The van der Waals surface area contributed by atoms with Gasteiger partial charge in [0.15, 0.2) is 11.5 Å². The molecule has 6 rings (SSSR count). The SMILES string of the molecule is CSc1ccc(N2C(=O)c3cccc(N4CCC[C@@H](C(=O)NC[C@H]5COc6ccccc6O5)C4)c3C2=O)cc1. The molecule has 0 spiro atoms. The van der Waals surface area contributed by atoms with Crippen LogP contribution in [0.15, 0.2) is 71.6 Å². The minimum Gasteiger partial charge on any atom is -0.486 e. The molecule has 0 saturated carbocycles. The Bertz CT molecular complexity index is 1430. The molecule has 0 aliphatic carbocycles. The van der Waals surface area contributed by atoms with Crippen LogP contribution in [-0.4, -0.2) is 56.3 Å². The van der Waals surface area contributed by atoms with Gasteiger partial charge in [-0.25, -0.2) is 4.90 Å². The minimum absolute atomic E-state index is 0.0485. The lowest BCUT2D eigenvalue weighted by atomic mass is 9.95. The van der Waals surface area contributed by atoms with Crippen molar-refractivity contribution in [3.8, 4) is 11.5 Å². The maximum absolute atomic E-state index is 13.6. The highest BCUT2D eigenvalue weighted by Crippen LogP contribution is 2.37. The largest absolute Gasteiger partial charge is 0.486 e. The van der Waals surface area contributed by atoms with E-state index in [0.717, 1.165) is 17.7 Å². The molecular weight excluding hydrogens is 514 g/mol. The molecule has 0 unspecified atom stereocenters. The Morgan fingerprint density at radius 2 is 1.79 bits per heavy atom. The standard InChI is InChI=1S/C30H29N3O5S/c1-39-22-13-11-20(12-14-22)33-29(35)23-7-4-8-24(27(23)30(33)36)32-15-5-6-19(17-32)28(34)31-16-21-18-37-25-9-2-3-10-26(25)38-21/h2-4,7-14,19,21H,5-6,15-18H2,1H3,(H,31,34)/t19-,21+/m1/s1. The Kier molecular flexibility index (Phi) is 6.91. The predicted molar refractivity (Wildman–Crippen MR) is 150 cm³/mol. The summed E-state index contributed by atoms with van der Waals surface area (Å²) in [6, 6.07) is 20.3. The van der Waals surface area contributed by atoms with E-state index >= 15 is 0 Å². The van der Waals surface area contributed by atoms with E-state index in [2.05, 4.69) is 10.2 Å². The molecule has 0 radical (unpaired) electrons. The third-order valence-electron chi connectivity index (χ3n) is 7.43. The molecule has 3 heterocycles. The summed E-state index contributed by atoms with van der Waals surface area (Å²) in [5, 5.41) is 3.03. The van der Waals surface area contributed by atoms with Crippen LogP contribution in [0.2, 0.25) is 0 Å². The Hall–Kier alpha value is -3.98. The van der Waals surface area contributed by atoms with Gasteiger partial charge < -0.3 is 19.7 Å². The van der Waals surface area contributed by atoms with Crippen molar-refractivity contribution in [2.24, 2.45) is 5.92 Å². The van der Waals surface area contributed by atoms with Gasteiger partial charge in [0.05, 0.1) is 35.0 Å². The topological polar surface area (TPSA) is 88.2 Å². The summed E-state index contributed by atoms with van der Waals surface area (Å²) in [5.74, 6) is 0.446. The Morgan fingerprint density at radius 3 is 2.59 bits per heavy atom. The molecule has 3 amide bonds. The van der Waals surface area contributed by atoms with Crippen LogP contribution in [0.25, 0.3) is 0 Å². The first-order valence-corrected chi connectivity index (χ1v) is 14.3. The quantitative estimate of drug-likeness (QED) is 0.365. The molecule has 0 bridgehead atoms. The van der Waals surface area contributed by atoms with Crippen molar-refractivity contribution in [1.82, 2.24) is 5.32 Å². The molecule has 1 saturated heterocycles. The second-order valence-corrected chi connectivity index (χ2v) is 10.8. The van der Waals surface area contributed by atoms with Gasteiger partial charge in [0.1, 0.15) is 12.7 Å². The van der Waals surface area contributed by atoms with Gasteiger partial charge in [-0.05, 0) is 67.6 Å². The van der Waals surface area contributed by atoms with Gasteiger partial charge in [-0.15, -0.1) is 11.8 Å². The van der Waals surface area contributed by atoms with Crippen molar-refractivity contribution < 1.29 is 23.9 Å². The van der Waals surface area contributed by atoms with Crippen LogP contribution < -0.4 is 24.6 Å². The van der Waals surface area contributed by atoms with Crippen LogP contribution in [0.3, 0.4) is 0 Å². The maximum Gasteiger partial charge on any atom is 0.268 e. The lowest BCUT2D eigenvalue weighted by Gasteiger charge is -2.35. The summed E-state index contributed by atoms with van der Waals surface area (Å²) in [7, 11) is 0. The lowest BCUT2D eigenvalue weighted by molar-refractivity contribution is -0.125. The van der Waals surface area contributed by atoms with Crippen LogP contribution in [-0.2, 0) is 4.79 Å². The van der Waals surface area contributed by atoms with Gasteiger partial charge in [-0.2, -0.15) is 0 Å². The van der Waals surface area contributed by atoms with Gasteiger partial charge in [-0.1, -0.05) is 18.2 Å². The molecule has 3 aromatic carbocycles. The average molecular weight is 544 g/mol. The third-order valence-corrected chi connectivity index (χ3v) is 8.17. The van der Waals surface area contributed by atoms with E-state index in [1.54, 1.807) is 30.0 Å². The second-order valence-electron chi connectivity index (χ2n) is 9.87. The minimum atomic E-state index is -0.330. The number of carbonyl (C=O) groups is 3.